The molecule has 0 bridgehead atoms. The van der Waals surface area contributed by atoms with Gasteiger partial charge in [0.05, 0.1) is 0 Å². The highest BCUT2D eigenvalue weighted by molar-refractivity contribution is 7.10. The molecule has 1 saturated heterocycles. The fourth-order valence-electron chi connectivity index (χ4n) is 3.53. The second-order valence-corrected chi connectivity index (χ2v) is 7.02. The van der Waals surface area contributed by atoms with Gasteiger partial charge in [-0.2, -0.15) is 0 Å². The molecule has 1 aromatic rings. The molecule has 0 amide bonds. The average Bonchev–Trinajstić information content (AvgIpc) is 3.02. The fourth-order valence-corrected chi connectivity index (χ4v) is 4.46. The Morgan fingerprint density at radius 1 is 1.35 bits per heavy atom. The van der Waals surface area contributed by atoms with E-state index in [4.69, 9.17) is 0 Å². The SMILES string of the molecule is CCC1CNC(CC)(CC)CN1C(CC)c1cccs1. The van der Waals surface area contributed by atoms with Crippen molar-refractivity contribution >= 4 is 11.3 Å². The summed E-state index contributed by atoms with van der Waals surface area (Å²) >= 11 is 1.92. The molecule has 2 unspecified atom stereocenters. The smallest absolute Gasteiger partial charge is 0.0443 e. The first-order chi connectivity index (χ1) is 9.69. The van der Waals surface area contributed by atoms with Gasteiger partial charge in [0.1, 0.15) is 0 Å². The number of nitrogens with zero attached hydrogens (tertiary/aromatic N) is 1. The standard InChI is InChI=1S/C17H30N2S/c1-5-14-12-18-17(7-3,8-4)13-19(14)15(6-2)16-10-9-11-20-16/h9-11,14-15,18H,5-8,12-13H2,1-4H3. The molecule has 0 radical (unpaired) electrons. The number of hydrogen-bond acceptors (Lipinski definition) is 3. The minimum atomic E-state index is 0.316. The van der Waals surface area contributed by atoms with Gasteiger partial charge in [0.15, 0.2) is 0 Å². The van der Waals surface area contributed by atoms with Crippen LogP contribution in [0.3, 0.4) is 0 Å². The molecule has 0 aliphatic carbocycles. The molecule has 2 heterocycles. The Labute approximate surface area is 128 Å². The lowest BCUT2D eigenvalue weighted by atomic mass is 9.86. The molecule has 3 heteroatoms. The summed E-state index contributed by atoms with van der Waals surface area (Å²) in [6.07, 6.45) is 4.88. The molecule has 1 aromatic heterocycles. The number of nitrogens with one attached hydrogen (secondary N) is 1. The zero-order valence-electron chi connectivity index (χ0n) is 13.5. The van der Waals surface area contributed by atoms with Crippen LogP contribution in [0.15, 0.2) is 17.5 Å². The molecule has 1 N–H and O–H groups in total. The van der Waals surface area contributed by atoms with Crippen LogP contribution in [0.25, 0.3) is 0 Å². The monoisotopic (exact) mass is 294 g/mol. The molecular weight excluding hydrogens is 264 g/mol. The predicted octanol–water partition coefficient (Wildman–Crippen LogP) is 4.44. The van der Waals surface area contributed by atoms with Crippen molar-refractivity contribution < 1.29 is 0 Å². The molecule has 2 nitrogen and oxygen atoms in total. The molecule has 2 atom stereocenters. The third-order valence-electron chi connectivity index (χ3n) is 5.15. The Morgan fingerprint density at radius 2 is 2.10 bits per heavy atom. The third-order valence-corrected chi connectivity index (χ3v) is 6.12. The highest BCUT2D eigenvalue weighted by Crippen LogP contribution is 2.35. The topological polar surface area (TPSA) is 15.3 Å². The summed E-state index contributed by atoms with van der Waals surface area (Å²) in [6.45, 7) is 11.6. The molecule has 1 fully saturated rings. The number of piperazine rings is 1. The first kappa shape index (κ1) is 16.0. The molecule has 114 valence electrons. The molecule has 1 aliphatic rings. The van der Waals surface area contributed by atoms with Crippen molar-refractivity contribution in [3.8, 4) is 0 Å². The number of thiophene rings is 1. The van der Waals surface area contributed by atoms with E-state index in [9.17, 15) is 0 Å². The Morgan fingerprint density at radius 3 is 2.60 bits per heavy atom. The summed E-state index contributed by atoms with van der Waals surface area (Å²) < 4.78 is 0. The van der Waals surface area contributed by atoms with Crippen LogP contribution in [0.1, 0.15) is 64.3 Å². The summed E-state index contributed by atoms with van der Waals surface area (Å²) in [6, 6.07) is 5.78. The van der Waals surface area contributed by atoms with Crippen LogP contribution >= 0.6 is 11.3 Å². The van der Waals surface area contributed by atoms with Gasteiger partial charge < -0.3 is 5.32 Å². The second kappa shape index (κ2) is 7.06. The van der Waals surface area contributed by atoms with Crippen molar-refractivity contribution in [3.05, 3.63) is 22.4 Å². The van der Waals surface area contributed by atoms with Gasteiger partial charge in [0.2, 0.25) is 0 Å². The summed E-state index contributed by atoms with van der Waals surface area (Å²) in [5.74, 6) is 0. The van der Waals surface area contributed by atoms with Crippen LogP contribution in [-0.4, -0.2) is 29.6 Å². The second-order valence-electron chi connectivity index (χ2n) is 6.04. The van der Waals surface area contributed by atoms with Crippen LogP contribution < -0.4 is 5.32 Å². The lowest BCUT2D eigenvalue weighted by molar-refractivity contribution is 0.0336. The first-order valence-electron chi connectivity index (χ1n) is 8.23. The maximum Gasteiger partial charge on any atom is 0.0443 e. The van der Waals surface area contributed by atoms with E-state index in [2.05, 4.69) is 55.4 Å². The molecule has 0 aromatic carbocycles. The molecule has 1 aliphatic heterocycles. The summed E-state index contributed by atoms with van der Waals surface area (Å²) in [5, 5.41) is 6.07. The molecule has 2 rings (SSSR count). The third kappa shape index (κ3) is 3.10. The van der Waals surface area contributed by atoms with Crippen LogP contribution in [0.2, 0.25) is 0 Å². The van der Waals surface area contributed by atoms with Crippen LogP contribution in [0, 0.1) is 0 Å². The first-order valence-corrected chi connectivity index (χ1v) is 9.11. The van der Waals surface area contributed by atoms with Crippen molar-refractivity contribution in [3.63, 3.8) is 0 Å². The van der Waals surface area contributed by atoms with Gasteiger partial charge >= 0.3 is 0 Å². The normalized spacial score (nSPS) is 24.7. The van der Waals surface area contributed by atoms with E-state index in [-0.39, 0.29) is 0 Å². The van der Waals surface area contributed by atoms with Gasteiger partial charge in [-0.05, 0) is 37.1 Å². The van der Waals surface area contributed by atoms with Crippen LogP contribution in [0.5, 0.6) is 0 Å². The maximum absolute atomic E-state index is 3.85. The van der Waals surface area contributed by atoms with Gasteiger partial charge in [-0.1, -0.05) is 33.8 Å². The zero-order chi connectivity index (χ0) is 14.6. The molecule has 20 heavy (non-hydrogen) atoms. The average molecular weight is 295 g/mol. The van der Waals surface area contributed by atoms with Crippen molar-refractivity contribution in [1.82, 2.24) is 10.2 Å². The van der Waals surface area contributed by atoms with E-state index in [1.54, 1.807) is 0 Å². The minimum Gasteiger partial charge on any atom is -0.308 e. The zero-order valence-corrected chi connectivity index (χ0v) is 14.3. The highest BCUT2D eigenvalue weighted by Gasteiger charge is 2.39. The van der Waals surface area contributed by atoms with Gasteiger partial charge in [-0.3, -0.25) is 4.90 Å². The summed E-state index contributed by atoms with van der Waals surface area (Å²) in [4.78, 5) is 4.32. The summed E-state index contributed by atoms with van der Waals surface area (Å²) in [7, 11) is 0. The number of hydrogen-bond donors (Lipinski definition) is 1. The lowest BCUT2D eigenvalue weighted by Gasteiger charge is -2.50. The number of rotatable bonds is 6. The van der Waals surface area contributed by atoms with E-state index in [0.29, 0.717) is 17.6 Å². The van der Waals surface area contributed by atoms with E-state index >= 15 is 0 Å². The van der Waals surface area contributed by atoms with E-state index in [0.717, 1.165) is 6.54 Å². The van der Waals surface area contributed by atoms with Crippen molar-refractivity contribution in [1.29, 1.82) is 0 Å². The Balaban J connectivity index is 2.24. The Kier molecular flexibility index (Phi) is 5.65. The molecule has 0 spiro atoms. The van der Waals surface area contributed by atoms with E-state index in [1.807, 2.05) is 11.3 Å². The maximum atomic E-state index is 3.85. The van der Waals surface area contributed by atoms with Crippen molar-refractivity contribution in [2.45, 2.75) is 71.0 Å². The fraction of sp³-hybridized carbons (Fsp3) is 0.765. The van der Waals surface area contributed by atoms with Gasteiger partial charge in [-0.15, -0.1) is 11.3 Å². The quantitative estimate of drug-likeness (QED) is 0.834. The van der Waals surface area contributed by atoms with Gasteiger partial charge in [0.25, 0.3) is 0 Å². The van der Waals surface area contributed by atoms with Crippen molar-refractivity contribution in [2.24, 2.45) is 0 Å². The van der Waals surface area contributed by atoms with Crippen LogP contribution in [-0.2, 0) is 0 Å². The molecular formula is C17H30N2S. The van der Waals surface area contributed by atoms with Gasteiger partial charge in [-0.25, -0.2) is 0 Å². The van der Waals surface area contributed by atoms with Gasteiger partial charge in [0, 0.05) is 35.6 Å². The Bertz CT molecular complexity index is 384. The highest BCUT2D eigenvalue weighted by atomic mass is 32.1. The van der Waals surface area contributed by atoms with Crippen LogP contribution in [0.4, 0.5) is 0 Å². The van der Waals surface area contributed by atoms with Crippen molar-refractivity contribution in [2.75, 3.05) is 13.1 Å². The lowest BCUT2D eigenvalue weighted by Crippen LogP contribution is -2.64. The minimum absolute atomic E-state index is 0.316. The predicted molar refractivity (Wildman–Crippen MR) is 89.5 cm³/mol. The largest absolute Gasteiger partial charge is 0.308 e. The summed E-state index contributed by atoms with van der Waals surface area (Å²) in [5.41, 5.74) is 0.316. The molecule has 0 saturated carbocycles. The van der Waals surface area contributed by atoms with E-state index in [1.165, 1.54) is 37.1 Å². The Hall–Kier alpha value is -0.380. The van der Waals surface area contributed by atoms with E-state index < -0.39 is 0 Å².